The molecule has 0 bridgehead atoms. The topological polar surface area (TPSA) is 68.8 Å². The van der Waals surface area contributed by atoms with Crippen LogP contribution in [0.5, 0.6) is 5.75 Å². The van der Waals surface area contributed by atoms with Crippen LogP contribution in [0, 0.1) is 6.92 Å². The maximum Gasteiger partial charge on any atom is 0.236 e. The predicted octanol–water partition coefficient (Wildman–Crippen LogP) is 7.33. The van der Waals surface area contributed by atoms with Gasteiger partial charge in [0.2, 0.25) is 5.95 Å². The Bertz CT molecular complexity index is 1470. The van der Waals surface area contributed by atoms with E-state index < -0.39 is 0 Å². The fourth-order valence-electron chi connectivity index (χ4n) is 7.17. The van der Waals surface area contributed by atoms with Gasteiger partial charge in [-0.05, 0) is 82.8 Å². The van der Waals surface area contributed by atoms with E-state index in [9.17, 15) is 0 Å². The minimum Gasteiger partial charge on any atom is -0.468 e. The van der Waals surface area contributed by atoms with Gasteiger partial charge < -0.3 is 25.2 Å². The Morgan fingerprint density at radius 1 is 1.00 bits per heavy atom. The van der Waals surface area contributed by atoms with E-state index in [1.165, 1.54) is 61.3 Å². The predicted molar refractivity (Wildman–Crippen MR) is 179 cm³/mol. The van der Waals surface area contributed by atoms with E-state index in [2.05, 4.69) is 89.4 Å². The van der Waals surface area contributed by atoms with E-state index in [0.717, 1.165) is 66.4 Å². The Balaban J connectivity index is 1.15. The molecule has 0 radical (unpaired) electrons. The van der Waals surface area contributed by atoms with Crippen LogP contribution in [0.25, 0.3) is 0 Å². The van der Waals surface area contributed by atoms with Gasteiger partial charge in [-0.3, -0.25) is 4.90 Å². The molecule has 1 aromatic heterocycles. The lowest BCUT2D eigenvalue weighted by Gasteiger charge is -2.41. The summed E-state index contributed by atoms with van der Waals surface area (Å²) in [5, 5.41) is 7.66. The summed E-state index contributed by atoms with van der Waals surface area (Å²) in [6.45, 7) is 14.4. The van der Waals surface area contributed by atoms with Crippen LogP contribution < -0.4 is 25.2 Å². The number of hydrogen-bond donors (Lipinski definition) is 2. The highest BCUT2D eigenvalue weighted by molar-refractivity contribution is 8.00. The third-order valence-electron chi connectivity index (χ3n) is 9.29. The molecule has 2 aromatic carbocycles. The smallest absolute Gasteiger partial charge is 0.236 e. The van der Waals surface area contributed by atoms with Gasteiger partial charge in [-0.2, -0.15) is 9.97 Å². The molecule has 5 heterocycles. The van der Waals surface area contributed by atoms with Crippen LogP contribution in [0.1, 0.15) is 64.0 Å². The number of nitrogens with one attached hydrogen (secondary N) is 2. The van der Waals surface area contributed by atoms with Crippen LogP contribution in [0.3, 0.4) is 0 Å². The highest BCUT2D eigenvalue weighted by Crippen LogP contribution is 2.46. The summed E-state index contributed by atoms with van der Waals surface area (Å²) in [5.74, 6) is 3.35. The first-order valence-corrected chi connectivity index (χ1v) is 17.1. The fraction of sp³-hybridized carbons (Fsp3) is 0.529. The number of ether oxygens (including phenoxy) is 1. The average Bonchev–Trinajstić information content (AvgIpc) is 3.61. The molecule has 7 rings (SSSR count). The molecule has 9 heteroatoms. The molecule has 4 aliphatic rings. The van der Waals surface area contributed by atoms with Gasteiger partial charge in [0.05, 0.1) is 11.4 Å². The molecule has 4 aliphatic heterocycles. The summed E-state index contributed by atoms with van der Waals surface area (Å²) in [4.78, 5) is 18.8. The molecule has 228 valence electrons. The molecule has 2 saturated heterocycles. The first-order chi connectivity index (χ1) is 20.9. The molecule has 8 nitrogen and oxygen atoms in total. The quantitative estimate of drug-likeness (QED) is 0.272. The van der Waals surface area contributed by atoms with Crippen molar-refractivity contribution in [3.05, 3.63) is 47.5 Å². The lowest BCUT2D eigenvalue weighted by atomic mass is 9.98. The molecule has 0 spiro atoms. The van der Waals surface area contributed by atoms with Gasteiger partial charge in [-0.1, -0.05) is 32.4 Å². The summed E-state index contributed by atoms with van der Waals surface area (Å²) >= 11 is 1.86. The zero-order chi connectivity index (χ0) is 29.5. The number of nitrogens with zero attached hydrogens (tertiary/aromatic N) is 5. The maximum atomic E-state index is 6.48. The van der Waals surface area contributed by atoms with E-state index in [1.807, 2.05) is 11.8 Å². The van der Waals surface area contributed by atoms with Gasteiger partial charge in [0.15, 0.2) is 6.23 Å². The van der Waals surface area contributed by atoms with Crippen molar-refractivity contribution in [3.8, 4) is 5.75 Å². The van der Waals surface area contributed by atoms with E-state index in [1.54, 1.807) is 0 Å². The highest BCUT2D eigenvalue weighted by atomic mass is 32.2. The monoisotopic (exact) mass is 599 g/mol. The van der Waals surface area contributed by atoms with E-state index in [-0.39, 0.29) is 6.23 Å². The lowest BCUT2D eigenvalue weighted by molar-refractivity contribution is 0.141. The number of benzene rings is 2. The summed E-state index contributed by atoms with van der Waals surface area (Å²) in [7, 11) is 0. The lowest BCUT2D eigenvalue weighted by Crippen LogP contribution is -2.46. The number of fused-ring (bicyclic) bond motifs is 2. The highest BCUT2D eigenvalue weighted by Gasteiger charge is 2.35. The summed E-state index contributed by atoms with van der Waals surface area (Å²) in [5.41, 5.74) is 5.82. The van der Waals surface area contributed by atoms with Crippen molar-refractivity contribution in [2.45, 2.75) is 88.6 Å². The van der Waals surface area contributed by atoms with Gasteiger partial charge >= 0.3 is 0 Å². The molecule has 1 atom stereocenters. The summed E-state index contributed by atoms with van der Waals surface area (Å²) < 4.78 is 6.48. The number of thioether (sulfide) groups is 1. The van der Waals surface area contributed by atoms with Crippen molar-refractivity contribution < 1.29 is 4.74 Å². The second-order valence-electron chi connectivity index (χ2n) is 12.7. The van der Waals surface area contributed by atoms with E-state index in [4.69, 9.17) is 14.7 Å². The molecule has 2 fully saturated rings. The molecule has 1 unspecified atom stereocenters. The Hall–Kier alpha value is -3.17. The van der Waals surface area contributed by atoms with Crippen molar-refractivity contribution in [2.75, 3.05) is 53.2 Å². The van der Waals surface area contributed by atoms with Crippen molar-refractivity contribution in [1.82, 2.24) is 14.9 Å². The average molecular weight is 600 g/mol. The second-order valence-corrected chi connectivity index (χ2v) is 14.3. The molecular formula is C34H45N7OS. The Labute approximate surface area is 260 Å². The van der Waals surface area contributed by atoms with Gasteiger partial charge in [0.25, 0.3) is 0 Å². The largest absolute Gasteiger partial charge is 0.468 e. The maximum absolute atomic E-state index is 6.48. The third-order valence-corrected chi connectivity index (χ3v) is 10.4. The number of aromatic nitrogens is 2. The molecule has 0 saturated carbocycles. The number of hydrogen-bond acceptors (Lipinski definition) is 9. The molecule has 0 amide bonds. The van der Waals surface area contributed by atoms with E-state index >= 15 is 0 Å². The van der Waals surface area contributed by atoms with Gasteiger partial charge in [0.1, 0.15) is 17.4 Å². The van der Waals surface area contributed by atoms with E-state index in [0.29, 0.717) is 11.2 Å². The zero-order valence-electron chi connectivity index (χ0n) is 26.0. The third kappa shape index (κ3) is 5.74. The number of aryl methyl sites for hydroxylation is 1. The van der Waals surface area contributed by atoms with Gasteiger partial charge in [-0.15, -0.1) is 11.8 Å². The van der Waals surface area contributed by atoms with Crippen LogP contribution in [0.2, 0.25) is 0 Å². The number of anilines is 6. The van der Waals surface area contributed by atoms with Crippen LogP contribution in [0.15, 0.2) is 41.3 Å². The number of para-hydroxylation sites is 1. The SMILES string of the molecule is Cc1cc2c(cc1N1CCC(N3CCCCC3)CC1)OC(C)N2c1nc2c(c(Nc3ccccc3SC(C)C)n1)CCN2. The van der Waals surface area contributed by atoms with Crippen LogP contribution in [-0.2, 0) is 6.42 Å². The Kier molecular flexibility index (Phi) is 8.03. The first-order valence-electron chi connectivity index (χ1n) is 16.2. The van der Waals surface area contributed by atoms with Crippen LogP contribution >= 0.6 is 11.8 Å². The Morgan fingerprint density at radius 3 is 2.58 bits per heavy atom. The number of piperidine rings is 2. The van der Waals surface area contributed by atoms with Crippen LogP contribution in [-0.4, -0.2) is 65.1 Å². The number of likely N-dealkylation sites (tertiary alicyclic amines) is 1. The minimum absolute atomic E-state index is 0.203. The van der Waals surface area contributed by atoms with Gasteiger partial charge in [-0.25, -0.2) is 0 Å². The summed E-state index contributed by atoms with van der Waals surface area (Å²) in [6.07, 6.45) is 7.30. The van der Waals surface area contributed by atoms with Crippen molar-refractivity contribution in [2.24, 2.45) is 0 Å². The zero-order valence-corrected chi connectivity index (χ0v) is 26.8. The fourth-order valence-corrected chi connectivity index (χ4v) is 8.08. The van der Waals surface area contributed by atoms with Crippen molar-refractivity contribution in [3.63, 3.8) is 0 Å². The first kappa shape index (κ1) is 28.6. The van der Waals surface area contributed by atoms with Gasteiger partial charge in [0, 0.05) is 53.1 Å². The second kappa shape index (κ2) is 12.1. The molecule has 0 aliphatic carbocycles. The van der Waals surface area contributed by atoms with Crippen molar-refractivity contribution in [1.29, 1.82) is 0 Å². The molecule has 2 N–H and O–H groups in total. The number of rotatable bonds is 7. The van der Waals surface area contributed by atoms with Crippen molar-refractivity contribution >= 4 is 46.4 Å². The molecule has 3 aromatic rings. The minimum atomic E-state index is -0.203. The normalized spacial score (nSPS) is 20.6. The Morgan fingerprint density at radius 2 is 1.79 bits per heavy atom. The van der Waals surface area contributed by atoms with Crippen LogP contribution in [0.4, 0.5) is 34.6 Å². The standard InChI is InChI=1S/C34H45N7OS/c1-22(2)43-31-11-7-6-10-27(31)36-33-26-12-15-35-32(26)37-34(38-33)41-24(4)42-30-21-28(23(3)20-29(30)41)40-18-13-25(14-19-40)39-16-8-5-9-17-39/h6-7,10-11,20-22,24-25H,5,8-9,12-19H2,1-4H3,(H2,35,36,37,38). The molecule has 43 heavy (non-hydrogen) atoms. The molecular weight excluding hydrogens is 554 g/mol. The summed E-state index contributed by atoms with van der Waals surface area (Å²) in [6, 6.07) is 13.8.